The Morgan fingerprint density at radius 3 is 2.70 bits per heavy atom. The fourth-order valence-electron chi connectivity index (χ4n) is 2.39. The minimum absolute atomic E-state index is 0. The number of halogens is 1. The van der Waals surface area contributed by atoms with Gasteiger partial charge in [-0.3, -0.25) is 9.59 Å². The first kappa shape index (κ1) is 19.5. The van der Waals surface area contributed by atoms with Crippen LogP contribution in [0, 0.1) is 5.92 Å². The monoisotopic (exact) mass is 339 g/mol. The quantitative estimate of drug-likeness (QED) is 0.637. The third kappa shape index (κ3) is 6.59. The molecule has 0 radical (unpaired) electrons. The third-order valence-electron chi connectivity index (χ3n) is 3.99. The Morgan fingerprint density at radius 2 is 2.04 bits per heavy atom. The number of amides is 2. The first-order valence-corrected chi connectivity index (χ1v) is 8.00. The molecular formula is C17H26ClN3O2. The first-order valence-electron chi connectivity index (χ1n) is 8.00. The van der Waals surface area contributed by atoms with Gasteiger partial charge < -0.3 is 16.0 Å². The van der Waals surface area contributed by atoms with Crippen molar-refractivity contribution in [2.75, 3.05) is 18.9 Å². The Kier molecular flexibility index (Phi) is 8.66. The number of anilines is 1. The maximum atomic E-state index is 11.9. The van der Waals surface area contributed by atoms with Gasteiger partial charge in [0.2, 0.25) is 11.8 Å². The molecule has 1 saturated carbocycles. The lowest BCUT2D eigenvalue weighted by molar-refractivity contribution is -0.122. The van der Waals surface area contributed by atoms with Gasteiger partial charge in [-0.2, -0.15) is 0 Å². The van der Waals surface area contributed by atoms with Crippen molar-refractivity contribution >= 4 is 29.9 Å². The van der Waals surface area contributed by atoms with Gasteiger partial charge in [0, 0.05) is 24.6 Å². The van der Waals surface area contributed by atoms with Gasteiger partial charge in [0.1, 0.15) is 0 Å². The van der Waals surface area contributed by atoms with Gasteiger partial charge in [0.15, 0.2) is 0 Å². The summed E-state index contributed by atoms with van der Waals surface area (Å²) < 4.78 is 0. The molecule has 2 amide bonds. The Balaban J connectivity index is 0.00000264. The largest absolute Gasteiger partial charge is 0.352 e. The minimum atomic E-state index is 0. The Labute approximate surface area is 144 Å². The molecule has 5 nitrogen and oxygen atoms in total. The van der Waals surface area contributed by atoms with E-state index in [1.54, 1.807) is 0 Å². The van der Waals surface area contributed by atoms with Crippen LogP contribution in [0.1, 0.15) is 37.7 Å². The maximum absolute atomic E-state index is 11.9. The minimum Gasteiger partial charge on any atom is -0.352 e. The molecule has 1 aromatic rings. The van der Waals surface area contributed by atoms with Crippen LogP contribution in [0.4, 0.5) is 5.69 Å². The third-order valence-corrected chi connectivity index (χ3v) is 3.99. The zero-order valence-electron chi connectivity index (χ0n) is 13.6. The topological polar surface area (TPSA) is 70.2 Å². The van der Waals surface area contributed by atoms with Crippen LogP contribution in [0.25, 0.3) is 0 Å². The van der Waals surface area contributed by atoms with E-state index in [-0.39, 0.29) is 30.1 Å². The van der Waals surface area contributed by atoms with Crippen molar-refractivity contribution < 1.29 is 9.59 Å². The molecule has 1 aliphatic rings. The highest BCUT2D eigenvalue weighted by Crippen LogP contribution is 2.27. The molecule has 0 atom stereocenters. The molecule has 0 saturated heterocycles. The highest BCUT2D eigenvalue weighted by molar-refractivity contribution is 5.93. The SMILES string of the molecule is CNCCCC(=O)NCc1cccc(NC(=O)C2CCC2)c1.Cl. The molecule has 1 fully saturated rings. The average molecular weight is 340 g/mol. The van der Waals surface area contributed by atoms with Gasteiger partial charge >= 0.3 is 0 Å². The number of hydrogen-bond acceptors (Lipinski definition) is 3. The van der Waals surface area contributed by atoms with E-state index < -0.39 is 0 Å². The van der Waals surface area contributed by atoms with Gasteiger partial charge in [-0.25, -0.2) is 0 Å². The van der Waals surface area contributed by atoms with Crippen LogP contribution >= 0.6 is 12.4 Å². The van der Waals surface area contributed by atoms with E-state index in [1.165, 1.54) is 0 Å². The Morgan fingerprint density at radius 1 is 1.26 bits per heavy atom. The molecule has 128 valence electrons. The predicted octanol–water partition coefficient (Wildman–Crippen LogP) is 2.46. The average Bonchev–Trinajstić information content (AvgIpc) is 2.44. The van der Waals surface area contributed by atoms with Gasteiger partial charge in [-0.1, -0.05) is 18.6 Å². The summed E-state index contributed by atoms with van der Waals surface area (Å²) in [5, 5.41) is 8.88. The van der Waals surface area contributed by atoms with Crippen LogP contribution in [0.2, 0.25) is 0 Å². The van der Waals surface area contributed by atoms with E-state index in [0.717, 1.165) is 43.5 Å². The highest BCUT2D eigenvalue weighted by atomic mass is 35.5. The van der Waals surface area contributed by atoms with E-state index in [4.69, 9.17) is 0 Å². The zero-order chi connectivity index (χ0) is 15.8. The van der Waals surface area contributed by atoms with Crippen molar-refractivity contribution in [3.63, 3.8) is 0 Å². The standard InChI is InChI=1S/C17H25N3O2.ClH/c1-18-10-4-9-16(21)19-12-13-5-2-8-15(11-13)20-17(22)14-6-3-7-14;/h2,5,8,11,14,18H,3-4,6-7,9-10,12H2,1H3,(H,19,21)(H,20,22);1H. The van der Waals surface area contributed by atoms with E-state index in [1.807, 2.05) is 31.3 Å². The van der Waals surface area contributed by atoms with Gasteiger partial charge in [-0.05, 0) is 50.6 Å². The number of nitrogens with one attached hydrogen (secondary N) is 3. The van der Waals surface area contributed by atoms with Gasteiger partial charge in [-0.15, -0.1) is 12.4 Å². The number of carbonyl (C=O) groups is 2. The second kappa shape index (κ2) is 10.2. The van der Waals surface area contributed by atoms with E-state index in [9.17, 15) is 9.59 Å². The summed E-state index contributed by atoms with van der Waals surface area (Å²) in [5.74, 6) is 0.342. The molecule has 0 aliphatic heterocycles. The lowest BCUT2D eigenvalue weighted by atomic mass is 9.85. The van der Waals surface area contributed by atoms with E-state index >= 15 is 0 Å². The number of rotatable bonds is 8. The number of hydrogen-bond donors (Lipinski definition) is 3. The Hall–Kier alpha value is -1.59. The van der Waals surface area contributed by atoms with Crippen LogP contribution in [0.15, 0.2) is 24.3 Å². The van der Waals surface area contributed by atoms with Crippen LogP contribution in [-0.2, 0) is 16.1 Å². The Bertz CT molecular complexity index is 518. The second-order valence-corrected chi connectivity index (χ2v) is 5.80. The molecule has 0 spiro atoms. The number of benzene rings is 1. The molecule has 6 heteroatoms. The summed E-state index contributed by atoms with van der Waals surface area (Å²) >= 11 is 0. The molecule has 1 aliphatic carbocycles. The summed E-state index contributed by atoms with van der Waals surface area (Å²) in [6.45, 7) is 1.33. The molecule has 0 bridgehead atoms. The molecule has 3 N–H and O–H groups in total. The van der Waals surface area contributed by atoms with E-state index in [2.05, 4.69) is 16.0 Å². The normalized spacial score (nSPS) is 13.6. The smallest absolute Gasteiger partial charge is 0.227 e. The van der Waals surface area contributed by atoms with Crippen molar-refractivity contribution in [2.45, 2.75) is 38.6 Å². The van der Waals surface area contributed by atoms with Crippen LogP contribution in [-0.4, -0.2) is 25.4 Å². The fraction of sp³-hybridized carbons (Fsp3) is 0.529. The van der Waals surface area contributed by atoms with E-state index in [0.29, 0.717) is 13.0 Å². The fourth-order valence-corrected chi connectivity index (χ4v) is 2.39. The summed E-state index contributed by atoms with van der Waals surface area (Å²) in [6.07, 6.45) is 4.50. The molecule has 0 heterocycles. The van der Waals surface area contributed by atoms with Crippen molar-refractivity contribution in [1.82, 2.24) is 10.6 Å². The molecule has 2 rings (SSSR count). The van der Waals surface area contributed by atoms with Gasteiger partial charge in [0.05, 0.1) is 0 Å². The van der Waals surface area contributed by atoms with Crippen LogP contribution < -0.4 is 16.0 Å². The highest BCUT2D eigenvalue weighted by Gasteiger charge is 2.25. The van der Waals surface area contributed by atoms with Gasteiger partial charge in [0.25, 0.3) is 0 Å². The summed E-state index contributed by atoms with van der Waals surface area (Å²) in [7, 11) is 1.88. The molecule has 23 heavy (non-hydrogen) atoms. The van der Waals surface area contributed by atoms with Crippen molar-refractivity contribution in [3.05, 3.63) is 29.8 Å². The number of carbonyl (C=O) groups excluding carboxylic acids is 2. The summed E-state index contributed by atoms with van der Waals surface area (Å²) in [5.41, 5.74) is 1.80. The summed E-state index contributed by atoms with van der Waals surface area (Å²) in [4.78, 5) is 23.6. The van der Waals surface area contributed by atoms with Crippen molar-refractivity contribution in [3.8, 4) is 0 Å². The molecule has 1 aromatic carbocycles. The maximum Gasteiger partial charge on any atom is 0.227 e. The lowest BCUT2D eigenvalue weighted by Gasteiger charge is -2.24. The van der Waals surface area contributed by atoms with Crippen molar-refractivity contribution in [1.29, 1.82) is 0 Å². The molecule has 0 unspecified atom stereocenters. The van der Waals surface area contributed by atoms with Crippen LogP contribution in [0.3, 0.4) is 0 Å². The second-order valence-electron chi connectivity index (χ2n) is 5.80. The van der Waals surface area contributed by atoms with Crippen LogP contribution in [0.5, 0.6) is 0 Å². The molecular weight excluding hydrogens is 314 g/mol. The lowest BCUT2D eigenvalue weighted by Crippen LogP contribution is -2.28. The first-order chi connectivity index (χ1) is 10.7. The predicted molar refractivity (Wildman–Crippen MR) is 94.7 cm³/mol. The molecule has 0 aromatic heterocycles. The zero-order valence-corrected chi connectivity index (χ0v) is 14.4. The van der Waals surface area contributed by atoms with Crippen molar-refractivity contribution in [2.24, 2.45) is 5.92 Å². The summed E-state index contributed by atoms with van der Waals surface area (Å²) in [6, 6.07) is 7.66.